The van der Waals surface area contributed by atoms with E-state index in [2.05, 4.69) is 15.4 Å². The second-order valence-corrected chi connectivity index (χ2v) is 1.82. The lowest BCUT2D eigenvalue weighted by Gasteiger charge is -1.92. The summed E-state index contributed by atoms with van der Waals surface area (Å²) >= 11 is 0. The summed E-state index contributed by atoms with van der Waals surface area (Å²) in [7, 11) is 0. The van der Waals surface area contributed by atoms with Crippen LogP contribution in [0, 0.1) is 0 Å². The summed E-state index contributed by atoms with van der Waals surface area (Å²) in [6.07, 6.45) is 3.08. The van der Waals surface area contributed by atoms with Crippen LogP contribution in [0.15, 0.2) is 23.6 Å². The summed E-state index contributed by atoms with van der Waals surface area (Å²) in [5.41, 5.74) is 1.31. The van der Waals surface area contributed by atoms with E-state index in [0.29, 0.717) is 5.71 Å². The van der Waals surface area contributed by atoms with Gasteiger partial charge in [-0.2, -0.15) is 10.2 Å². The first-order valence-electron chi connectivity index (χ1n) is 2.80. The molecule has 0 unspecified atom stereocenters. The van der Waals surface area contributed by atoms with Crippen LogP contribution in [0.25, 0.3) is 0 Å². The number of oxime groups is 1. The van der Waals surface area contributed by atoms with E-state index in [-0.39, 0.29) is 0 Å². The fourth-order valence-electron chi connectivity index (χ4n) is 0.562. The van der Waals surface area contributed by atoms with E-state index in [1.807, 2.05) is 0 Å². The topological polar surface area (TPSA) is 58.4 Å². The lowest BCUT2D eigenvalue weighted by molar-refractivity contribution is 0.319. The van der Waals surface area contributed by atoms with E-state index in [1.54, 1.807) is 19.2 Å². The maximum absolute atomic E-state index is 8.33. The van der Waals surface area contributed by atoms with Crippen LogP contribution in [0.1, 0.15) is 12.5 Å². The van der Waals surface area contributed by atoms with Crippen molar-refractivity contribution in [1.82, 2.24) is 10.2 Å². The number of aromatic nitrogens is 2. The molecule has 0 saturated heterocycles. The Kier molecular flexibility index (Phi) is 1.94. The number of hydrogen-bond donors (Lipinski definition) is 1. The highest BCUT2D eigenvalue weighted by atomic mass is 16.4. The maximum atomic E-state index is 8.33. The number of nitrogens with zero attached hydrogens (tertiary/aromatic N) is 3. The van der Waals surface area contributed by atoms with Crippen LogP contribution in [-0.4, -0.2) is 21.1 Å². The first-order chi connectivity index (χ1) is 4.84. The Morgan fingerprint density at radius 2 is 2.40 bits per heavy atom. The summed E-state index contributed by atoms with van der Waals surface area (Å²) in [5, 5.41) is 18.5. The van der Waals surface area contributed by atoms with Gasteiger partial charge < -0.3 is 5.21 Å². The quantitative estimate of drug-likeness (QED) is 0.351. The predicted octanol–water partition coefficient (Wildman–Crippen LogP) is 0.675. The van der Waals surface area contributed by atoms with Crippen LogP contribution < -0.4 is 0 Å². The smallest absolute Gasteiger partial charge is 0.0853 e. The molecule has 1 heterocycles. The molecule has 0 bridgehead atoms. The Hall–Kier alpha value is -1.45. The zero-order chi connectivity index (χ0) is 7.40. The van der Waals surface area contributed by atoms with Crippen molar-refractivity contribution in [1.29, 1.82) is 0 Å². The van der Waals surface area contributed by atoms with Crippen molar-refractivity contribution in [2.75, 3.05) is 0 Å². The molecule has 0 aliphatic heterocycles. The number of hydrogen-bond acceptors (Lipinski definition) is 4. The van der Waals surface area contributed by atoms with Gasteiger partial charge in [0.05, 0.1) is 18.1 Å². The molecule has 0 saturated carbocycles. The van der Waals surface area contributed by atoms with Gasteiger partial charge >= 0.3 is 0 Å². The molecule has 4 nitrogen and oxygen atoms in total. The molecule has 0 aromatic carbocycles. The van der Waals surface area contributed by atoms with E-state index in [9.17, 15) is 0 Å². The Morgan fingerprint density at radius 1 is 1.60 bits per heavy atom. The highest BCUT2D eigenvalue weighted by Crippen LogP contribution is 1.94. The lowest BCUT2D eigenvalue weighted by atomic mass is 10.2. The molecule has 0 aliphatic rings. The Bertz CT molecular complexity index is 232. The van der Waals surface area contributed by atoms with Crippen molar-refractivity contribution < 1.29 is 5.21 Å². The van der Waals surface area contributed by atoms with Crippen molar-refractivity contribution in [3.8, 4) is 0 Å². The minimum Gasteiger partial charge on any atom is -0.411 e. The maximum Gasteiger partial charge on any atom is 0.0853 e. The first kappa shape index (κ1) is 6.67. The third-order valence-electron chi connectivity index (χ3n) is 1.15. The Labute approximate surface area is 58.2 Å². The molecule has 1 rings (SSSR count). The molecule has 52 valence electrons. The fourth-order valence-corrected chi connectivity index (χ4v) is 0.562. The highest BCUT2D eigenvalue weighted by molar-refractivity contribution is 5.97. The van der Waals surface area contributed by atoms with Gasteiger partial charge in [-0.1, -0.05) is 5.16 Å². The minimum atomic E-state index is 0.537. The Balaban J connectivity index is 2.96. The molecule has 0 atom stereocenters. The van der Waals surface area contributed by atoms with Gasteiger partial charge in [0.15, 0.2) is 0 Å². The molecule has 4 heteroatoms. The third kappa shape index (κ3) is 1.28. The summed E-state index contributed by atoms with van der Waals surface area (Å²) in [4.78, 5) is 0. The molecular formula is C6H7N3O. The molecule has 0 fully saturated rings. The van der Waals surface area contributed by atoms with Crippen LogP contribution in [0.3, 0.4) is 0 Å². The second-order valence-electron chi connectivity index (χ2n) is 1.82. The van der Waals surface area contributed by atoms with Crippen LogP contribution >= 0.6 is 0 Å². The largest absolute Gasteiger partial charge is 0.411 e. The zero-order valence-corrected chi connectivity index (χ0v) is 5.52. The van der Waals surface area contributed by atoms with Crippen molar-refractivity contribution >= 4 is 5.71 Å². The van der Waals surface area contributed by atoms with Crippen LogP contribution in [0.2, 0.25) is 0 Å². The van der Waals surface area contributed by atoms with Gasteiger partial charge in [0.2, 0.25) is 0 Å². The molecule has 1 aromatic heterocycles. The van der Waals surface area contributed by atoms with E-state index < -0.39 is 0 Å². The molecule has 1 aromatic rings. The summed E-state index contributed by atoms with van der Waals surface area (Å²) in [6.45, 7) is 1.69. The van der Waals surface area contributed by atoms with Crippen LogP contribution in [-0.2, 0) is 0 Å². The molecular weight excluding hydrogens is 130 g/mol. The van der Waals surface area contributed by atoms with Crippen molar-refractivity contribution in [2.45, 2.75) is 6.92 Å². The van der Waals surface area contributed by atoms with E-state index in [0.717, 1.165) is 5.56 Å². The zero-order valence-electron chi connectivity index (χ0n) is 5.52. The summed E-state index contributed by atoms with van der Waals surface area (Å²) in [5.74, 6) is 0. The minimum absolute atomic E-state index is 0.537. The normalized spacial score (nSPS) is 11.5. The highest BCUT2D eigenvalue weighted by Gasteiger charge is 1.94. The van der Waals surface area contributed by atoms with Crippen molar-refractivity contribution in [3.05, 3.63) is 24.0 Å². The fraction of sp³-hybridized carbons (Fsp3) is 0.167. The molecule has 0 aliphatic carbocycles. The van der Waals surface area contributed by atoms with Gasteiger partial charge in [-0.15, -0.1) is 0 Å². The first-order valence-corrected chi connectivity index (χ1v) is 2.80. The van der Waals surface area contributed by atoms with Gasteiger partial charge in [-0.25, -0.2) is 0 Å². The molecule has 0 amide bonds. The monoisotopic (exact) mass is 137 g/mol. The summed E-state index contributed by atoms with van der Waals surface area (Å²) in [6, 6.07) is 1.72. The van der Waals surface area contributed by atoms with E-state index >= 15 is 0 Å². The SMILES string of the molecule is C/C(=N/O)c1ccnnc1. The van der Waals surface area contributed by atoms with Crippen molar-refractivity contribution in [2.24, 2.45) is 5.16 Å². The van der Waals surface area contributed by atoms with Crippen molar-refractivity contribution in [3.63, 3.8) is 0 Å². The van der Waals surface area contributed by atoms with Gasteiger partial charge in [0, 0.05) is 5.56 Å². The Morgan fingerprint density at radius 3 is 2.90 bits per heavy atom. The third-order valence-corrected chi connectivity index (χ3v) is 1.15. The van der Waals surface area contributed by atoms with Gasteiger partial charge in [-0.05, 0) is 13.0 Å². The van der Waals surface area contributed by atoms with Gasteiger partial charge in [0.1, 0.15) is 0 Å². The predicted molar refractivity (Wildman–Crippen MR) is 36.0 cm³/mol. The van der Waals surface area contributed by atoms with Crippen LogP contribution in [0.5, 0.6) is 0 Å². The summed E-state index contributed by atoms with van der Waals surface area (Å²) < 4.78 is 0. The average molecular weight is 137 g/mol. The lowest BCUT2D eigenvalue weighted by Crippen LogP contribution is -1.95. The molecule has 0 radical (unpaired) electrons. The second kappa shape index (κ2) is 2.91. The standard InChI is InChI=1S/C6H7N3O/c1-5(9-10)6-2-3-7-8-4-6/h2-4,10H,1H3/b9-5-. The van der Waals surface area contributed by atoms with Gasteiger partial charge in [0.25, 0.3) is 0 Å². The molecule has 1 N–H and O–H groups in total. The van der Waals surface area contributed by atoms with Gasteiger partial charge in [-0.3, -0.25) is 0 Å². The number of rotatable bonds is 1. The van der Waals surface area contributed by atoms with E-state index in [1.165, 1.54) is 6.20 Å². The van der Waals surface area contributed by atoms with E-state index in [4.69, 9.17) is 5.21 Å². The molecule has 0 spiro atoms. The molecule has 10 heavy (non-hydrogen) atoms. The average Bonchev–Trinajstić information content (AvgIpc) is 2.05. The van der Waals surface area contributed by atoms with Crippen LogP contribution in [0.4, 0.5) is 0 Å².